The molecular weight excluding hydrogens is 214 g/mol. The highest BCUT2D eigenvalue weighted by Gasteiger charge is 2.04. The van der Waals surface area contributed by atoms with Crippen LogP contribution in [-0.2, 0) is 0 Å². The van der Waals surface area contributed by atoms with Crippen LogP contribution in [0.4, 0.5) is 0 Å². The molecule has 56 valence electrons. The average Bonchev–Trinajstić information content (AvgIpc) is 2.34. The van der Waals surface area contributed by atoms with Gasteiger partial charge in [-0.3, -0.25) is 0 Å². The van der Waals surface area contributed by atoms with Crippen LogP contribution >= 0.6 is 27.3 Å². The molecule has 1 atom stereocenters. The Balaban J connectivity index is 2.74. The van der Waals surface area contributed by atoms with E-state index in [1.807, 2.05) is 19.1 Å². The van der Waals surface area contributed by atoms with Crippen molar-refractivity contribution >= 4 is 27.3 Å². The molecule has 4 heteroatoms. The van der Waals surface area contributed by atoms with Gasteiger partial charge in [-0.15, -0.1) is 11.3 Å². The SMILES string of the molecule is C[C@@H](NO)c1ccc(Br)s1. The molecule has 0 radical (unpaired) electrons. The van der Waals surface area contributed by atoms with E-state index in [0.29, 0.717) is 0 Å². The van der Waals surface area contributed by atoms with Gasteiger partial charge in [0.1, 0.15) is 0 Å². The molecule has 10 heavy (non-hydrogen) atoms. The minimum Gasteiger partial charge on any atom is -0.316 e. The van der Waals surface area contributed by atoms with Gasteiger partial charge in [0.2, 0.25) is 0 Å². The van der Waals surface area contributed by atoms with Gasteiger partial charge in [0.05, 0.1) is 9.83 Å². The third-order valence-electron chi connectivity index (χ3n) is 1.21. The van der Waals surface area contributed by atoms with Crippen LogP contribution in [0.3, 0.4) is 0 Å². The fourth-order valence-corrected chi connectivity index (χ4v) is 2.04. The number of hydrogen-bond acceptors (Lipinski definition) is 3. The van der Waals surface area contributed by atoms with Crippen LogP contribution in [0, 0.1) is 0 Å². The lowest BCUT2D eigenvalue weighted by Crippen LogP contribution is -2.11. The molecule has 2 nitrogen and oxygen atoms in total. The van der Waals surface area contributed by atoms with Crippen molar-refractivity contribution in [3.05, 3.63) is 20.8 Å². The predicted molar refractivity (Wildman–Crippen MR) is 45.4 cm³/mol. The van der Waals surface area contributed by atoms with Gasteiger partial charge in [0.15, 0.2) is 0 Å². The van der Waals surface area contributed by atoms with Crippen molar-refractivity contribution in [2.45, 2.75) is 13.0 Å². The number of rotatable bonds is 2. The standard InChI is InChI=1S/C6H8BrNOS/c1-4(8-9)5-2-3-6(7)10-5/h2-4,8-9H,1H3/t4-/m1/s1. The molecule has 0 aliphatic carbocycles. The maximum Gasteiger partial charge on any atom is 0.0702 e. The first-order chi connectivity index (χ1) is 4.74. The second kappa shape index (κ2) is 3.48. The molecule has 0 spiro atoms. The average molecular weight is 222 g/mol. The molecule has 0 unspecified atom stereocenters. The summed E-state index contributed by atoms with van der Waals surface area (Å²) in [6, 6.07) is 3.97. The molecular formula is C6H8BrNOS. The smallest absolute Gasteiger partial charge is 0.0702 e. The van der Waals surface area contributed by atoms with E-state index in [0.717, 1.165) is 8.66 Å². The third kappa shape index (κ3) is 1.79. The highest BCUT2D eigenvalue weighted by Crippen LogP contribution is 2.26. The van der Waals surface area contributed by atoms with Crippen LogP contribution in [0.5, 0.6) is 0 Å². The Labute approximate surface area is 72.0 Å². The second-order valence-electron chi connectivity index (χ2n) is 1.99. The van der Waals surface area contributed by atoms with Crippen molar-refractivity contribution in [3.63, 3.8) is 0 Å². The Morgan fingerprint density at radius 1 is 1.70 bits per heavy atom. The topological polar surface area (TPSA) is 32.3 Å². The largest absolute Gasteiger partial charge is 0.316 e. The van der Waals surface area contributed by atoms with Crippen molar-refractivity contribution in [1.82, 2.24) is 5.48 Å². The van der Waals surface area contributed by atoms with Crippen LogP contribution in [0.15, 0.2) is 15.9 Å². The van der Waals surface area contributed by atoms with E-state index in [1.165, 1.54) is 0 Å². The summed E-state index contributed by atoms with van der Waals surface area (Å²) in [5.41, 5.74) is 2.18. The molecule has 0 amide bonds. The highest BCUT2D eigenvalue weighted by molar-refractivity contribution is 9.11. The van der Waals surface area contributed by atoms with Crippen LogP contribution < -0.4 is 5.48 Å². The second-order valence-corrected chi connectivity index (χ2v) is 4.49. The van der Waals surface area contributed by atoms with E-state index in [2.05, 4.69) is 21.4 Å². The van der Waals surface area contributed by atoms with E-state index < -0.39 is 0 Å². The maximum atomic E-state index is 8.54. The summed E-state index contributed by atoms with van der Waals surface area (Å²) >= 11 is 4.95. The summed E-state index contributed by atoms with van der Waals surface area (Å²) in [7, 11) is 0. The normalized spacial score (nSPS) is 13.5. The molecule has 1 aromatic rings. The highest BCUT2D eigenvalue weighted by atomic mass is 79.9. The molecule has 0 bridgehead atoms. The molecule has 0 saturated carbocycles. The van der Waals surface area contributed by atoms with Gasteiger partial charge in [-0.2, -0.15) is 5.48 Å². The molecule has 0 saturated heterocycles. The van der Waals surface area contributed by atoms with E-state index in [9.17, 15) is 0 Å². The van der Waals surface area contributed by atoms with Crippen LogP contribution in [0.25, 0.3) is 0 Å². The molecule has 0 aliphatic heterocycles. The fraction of sp³-hybridized carbons (Fsp3) is 0.333. The molecule has 2 N–H and O–H groups in total. The minimum atomic E-state index is 0.0244. The van der Waals surface area contributed by atoms with Gasteiger partial charge in [0.25, 0.3) is 0 Å². The van der Waals surface area contributed by atoms with Gasteiger partial charge >= 0.3 is 0 Å². The van der Waals surface area contributed by atoms with Gasteiger partial charge in [0, 0.05) is 4.88 Å². The molecule has 1 rings (SSSR count). The van der Waals surface area contributed by atoms with Crippen molar-refractivity contribution < 1.29 is 5.21 Å². The fourth-order valence-electron chi connectivity index (χ4n) is 0.625. The number of hydroxylamine groups is 1. The lowest BCUT2D eigenvalue weighted by atomic mass is 10.3. The maximum absolute atomic E-state index is 8.54. The van der Waals surface area contributed by atoms with Gasteiger partial charge in [-0.05, 0) is 35.0 Å². The Morgan fingerprint density at radius 3 is 2.80 bits per heavy atom. The van der Waals surface area contributed by atoms with E-state index >= 15 is 0 Å². The van der Waals surface area contributed by atoms with E-state index in [4.69, 9.17) is 5.21 Å². The monoisotopic (exact) mass is 221 g/mol. The van der Waals surface area contributed by atoms with Crippen molar-refractivity contribution in [1.29, 1.82) is 0 Å². The molecule has 0 fully saturated rings. The summed E-state index contributed by atoms with van der Waals surface area (Å²) < 4.78 is 1.09. The third-order valence-corrected chi connectivity index (χ3v) is 3.02. The summed E-state index contributed by atoms with van der Waals surface area (Å²) in [5.74, 6) is 0. The zero-order valence-corrected chi connectivity index (χ0v) is 7.87. The quantitative estimate of drug-likeness (QED) is 0.753. The first-order valence-corrected chi connectivity index (χ1v) is 4.50. The van der Waals surface area contributed by atoms with E-state index in [1.54, 1.807) is 11.3 Å². The van der Waals surface area contributed by atoms with Crippen molar-refractivity contribution in [3.8, 4) is 0 Å². The number of hydrogen-bond donors (Lipinski definition) is 2. The van der Waals surface area contributed by atoms with Gasteiger partial charge in [-0.25, -0.2) is 0 Å². The van der Waals surface area contributed by atoms with Crippen molar-refractivity contribution in [2.24, 2.45) is 0 Å². The Morgan fingerprint density at radius 2 is 2.40 bits per heavy atom. The van der Waals surface area contributed by atoms with Crippen LogP contribution in [0.1, 0.15) is 17.8 Å². The first kappa shape index (κ1) is 8.20. The molecule has 0 aromatic carbocycles. The summed E-state index contributed by atoms with van der Waals surface area (Å²) in [6.07, 6.45) is 0. The molecule has 0 aliphatic rings. The lowest BCUT2D eigenvalue weighted by molar-refractivity contribution is 0.135. The zero-order valence-electron chi connectivity index (χ0n) is 5.47. The summed E-state index contributed by atoms with van der Waals surface area (Å²) in [6.45, 7) is 1.90. The number of thiophene rings is 1. The molecule has 1 heterocycles. The minimum absolute atomic E-state index is 0.0244. The van der Waals surface area contributed by atoms with E-state index in [-0.39, 0.29) is 6.04 Å². The summed E-state index contributed by atoms with van der Waals surface area (Å²) in [5, 5.41) is 8.54. The Hall–Kier alpha value is 0.1000. The lowest BCUT2D eigenvalue weighted by Gasteiger charge is -2.03. The van der Waals surface area contributed by atoms with Crippen LogP contribution in [-0.4, -0.2) is 5.21 Å². The van der Waals surface area contributed by atoms with Gasteiger partial charge < -0.3 is 5.21 Å². The van der Waals surface area contributed by atoms with Crippen molar-refractivity contribution in [2.75, 3.05) is 0 Å². The Bertz CT molecular complexity index is 213. The predicted octanol–water partition coefficient (Wildman–Crippen LogP) is 2.55. The summed E-state index contributed by atoms with van der Waals surface area (Å²) in [4.78, 5) is 1.12. The number of nitrogens with one attached hydrogen (secondary N) is 1. The molecule has 1 aromatic heterocycles. The Kier molecular flexibility index (Phi) is 2.85. The first-order valence-electron chi connectivity index (χ1n) is 2.89. The zero-order chi connectivity index (χ0) is 7.56. The van der Waals surface area contributed by atoms with Gasteiger partial charge in [-0.1, -0.05) is 0 Å². The van der Waals surface area contributed by atoms with Crippen LogP contribution in [0.2, 0.25) is 0 Å². The number of halogens is 1.